The Bertz CT molecular complexity index is 714. The number of hydrogen-bond donors (Lipinski definition) is 1. The number of carbonyl (C=O) groups is 1. The van der Waals surface area contributed by atoms with E-state index in [0.717, 1.165) is 5.56 Å². The quantitative estimate of drug-likeness (QED) is 0.771. The molecule has 1 N–H and O–H groups in total. The molecular weight excluding hydrogens is 314 g/mol. The summed E-state index contributed by atoms with van der Waals surface area (Å²) in [7, 11) is 4.59. The van der Waals surface area contributed by atoms with Crippen LogP contribution in [0.25, 0.3) is 6.08 Å². The van der Waals surface area contributed by atoms with Crippen molar-refractivity contribution in [2.45, 2.75) is 13.5 Å². The topological polar surface area (TPSA) is 95.7 Å². The van der Waals surface area contributed by atoms with Gasteiger partial charge in [-0.3, -0.25) is 4.79 Å². The third kappa shape index (κ3) is 4.25. The normalized spacial score (nSPS) is 10.7. The Balaban J connectivity index is 2.06. The number of methoxy groups -OCH3 is 3. The van der Waals surface area contributed by atoms with Gasteiger partial charge in [0.2, 0.25) is 17.5 Å². The van der Waals surface area contributed by atoms with Crippen molar-refractivity contribution in [3.05, 3.63) is 35.5 Å². The van der Waals surface area contributed by atoms with Crippen LogP contribution in [0.4, 0.5) is 0 Å². The molecule has 8 nitrogen and oxygen atoms in total. The van der Waals surface area contributed by atoms with Crippen molar-refractivity contribution in [2.75, 3.05) is 21.3 Å². The highest BCUT2D eigenvalue weighted by Gasteiger charge is 2.12. The maximum atomic E-state index is 11.9. The van der Waals surface area contributed by atoms with Crippen LogP contribution in [0.2, 0.25) is 0 Å². The fraction of sp³-hybridized carbons (Fsp3) is 0.312. The third-order valence-corrected chi connectivity index (χ3v) is 3.10. The Kier molecular flexibility index (Phi) is 5.78. The van der Waals surface area contributed by atoms with E-state index in [2.05, 4.69) is 15.5 Å². The van der Waals surface area contributed by atoms with Gasteiger partial charge in [-0.1, -0.05) is 5.16 Å². The van der Waals surface area contributed by atoms with Crippen LogP contribution in [-0.2, 0) is 11.3 Å². The largest absolute Gasteiger partial charge is 0.493 e. The van der Waals surface area contributed by atoms with E-state index in [4.69, 9.17) is 18.7 Å². The first-order chi connectivity index (χ1) is 11.6. The first-order valence-corrected chi connectivity index (χ1v) is 7.12. The number of aromatic nitrogens is 2. The summed E-state index contributed by atoms with van der Waals surface area (Å²) in [6, 6.07) is 3.49. The minimum atomic E-state index is -0.292. The van der Waals surface area contributed by atoms with Gasteiger partial charge in [0.25, 0.3) is 0 Å². The summed E-state index contributed by atoms with van der Waals surface area (Å²) in [6.45, 7) is 1.87. The Hall–Kier alpha value is -3.03. The number of benzene rings is 1. The number of rotatable bonds is 7. The minimum absolute atomic E-state index is 0.166. The second kappa shape index (κ2) is 8.00. The lowest BCUT2D eigenvalue weighted by Gasteiger charge is -2.12. The molecule has 8 heteroatoms. The van der Waals surface area contributed by atoms with E-state index < -0.39 is 0 Å². The van der Waals surface area contributed by atoms with Gasteiger partial charge in [-0.2, -0.15) is 4.98 Å². The number of carbonyl (C=O) groups excluding carboxylic acids is 1. The average Bonchev–Trinajstić information content (AvgIpc) is 3.02. The summed E-state index contributed by atoms with van der Waals surface area (Å²) >= 11 is 0. The van der Waals surface area contributed by atoms with Crippen LogP contribution >= 0.6 is 0 Å². The average molecular weight is 333 g/mol. The number of nitrogens with zero attached hydrogens (tertiary/aromatic N) is 2. The summed E-state index contributed by atoms with van der Waals surface area (Å²) in [5, 5.41) is 6.30. The molecule has 1 amide bonds. The molecule has 0 atom stereocenters. The van der Waals surface area contributed by atoms with E-state index in [0.29, 0.717) is 29.0 Å². The van der Waals surface area contributed by atoms with Gasteiger partial charge in [-0.25, -0.2) is 0 Å². The molecule has 0 aliphatic carbocycles. The lowest BCUT2D eigenvalue weighted by molar-refractivity contribution is -0.116. The van der Waals surface area contributed by atoms with Crippen molar-refractivity contribution >= 4 is 12.0 Å². The predicted molar refractivity (Wildman–Crippen MR) is 86.0 cm³/mol. The number of aryl methyl sites for hydroxylation is 1. The van der Waals surface area contributed by atoms with E-state index in [1.807, 2.05) is 0 Å². The standard InChI is InChI=1S/C16H19N3O5/c1-10-18-15(24-19-10)9-17-14(20)6-5-11-7-12(21-2)16(23-4)13(8-11)22-3/h5-8H,9H2,1-4H3,(H,17,20)/b6-5+. The van der Waals surface area contributed by atoms with E-state index in [-0.39, 0.29) is 12.5 Å². The van der Waals surface area contributed by atoms with Crippen molar-refractivity contribution < 1.29 is 23.5 Å². The van der Waals surface area contributed by atoms with Crippen molar-refractivity contribution in [2.24, 2.45) is 0 Å². The van der Waals surface area contributed by atoms with Crippen LogP contribution in [0.1, 0.15) is 17.3 Å². The molecule has 0 fully saturated rings. The summed E-state index contributed by atoms with van der Waals surface area (Å²) in [4.78, 5) is 15.9. The molecule has 2 aromatic rings. The molecule has 0 radical (unpaired) electrons. The van der Waals surface area contributed by atoms with Crippen LogP contribution in [0.5, 0.6) is 17.2 Å². The SMILES string of the molecule is COc1cc(/C=C/C(=O)NCc2nc(C)no2)cc(OC)c1OC. The number of amides is 1. The Labute approximate surface area is 139 Å². The molecule has 0 spiro atoms. The smallest absolute Gasteiger partial charge is 0.246 e. The zero-order chi connectivity index (χ0) is 17.5. The van der Waals surface area contributed by atoms with E-state index in [9.17, 15) is 4.79 Å². The molecule has 0 saturated heterocycles. The second-order valence-corrected chi connectivity index (χ2v) is 4.75. The lowest BCUT2D eigenvalue weighted by atomic mass is 10.1. The Morgan fingerprint density at radius 3 is 2.38 bits per heavy atom. The van der Waals surface area contributed by atoms with E-state index in [1.54, 1.807) is 25.1 Å². The van der Waals surface area contributed by atoms with Gasteiger partial charge in [-0.05, 0) is 30.7 Å². The summed E-state index contributed by atoms with van der Waals surface area (Å²) in [6.07, 6.45) is 3.03. The van der Waals surface area contributed by atoms with Gasteiger partial charge in [0.15, 0.2) is 17.3 Å². The monoisotopic (exact) mass is 333 g/mol. The molecule has 1 aromatic carbocycles. The van der Waals surface area contributed by atoms with Crippen LogP contribution < -0.4 is 19.5 Å². The van der Waals surface area contributed by atoms with E-state index >= 15 is 0 Å². The van der Waals surface area contributed by atoms with E-state index in [1.165, 1.54) is 27.4 Å². The van der Waals surface area contributed by atoms with Crippen LogP contribution in [0, 0.1) is 6.92 Å². The van der Waals surface area contributed by atoms with Crippen molar-refractivity contribution in [3.63, 3.8) is 0 Å². The molecule has 0 unspecified atom stereocenters. The summed E-state index contributed by atoms with van der Waals surface area (Å²) < 4.78 is 20.7. The molecule has 2 rings (SSSR count). The zero-order valence-electron chi connectivity index (χ0n) is 14.0. The minimum Gasteiger partial charge on any atom is -0.493 e. The molecule has 0 bridgehead atoms. The summed E-state index contributed by atoms with van der Waals surface area (Å²) in [5.41, 5.74) is 0.730. The lowest BCUT2D eigenvalue weighted by Crippen LogP contribution is -2.20. The molecule has 0 saturated carbocycles. The molecule has 128 valence electrons. The maximum Gasteiger partial charge on any atom is 0.246 e. The van der Waals surface area contributed by atoms with Gasteiger partial charge >= 0.3 is 0 Å². The number of nitrogens with one attached hydrogen (secondary N) is 1. The fourth-order valence-corrected chi connectivity index (χ4v) is 2.00. The summed E-state index contributed by atoms with van der Waals surface area (Å²) in [5.74, 6) is 2.10. The maximum absolute atomic E-state index is 11.9. The predicted octanol–water partition coefficient (Wildman–Crippen LogP) is 1.73. The number of ether oxygens (including phenoxy) is 3. The fourth-order valence-electron chi connectivity index (χ4n) is 2.00. The van der Waals surface area contributed by atoms with Crippen molar-refractivity contribution in [1.82, 2.24) is 15.5 Å². The van der Waals surface area contributed by atoms with Gasteiger partial charge in [0.05, 0.1) is 27.9 Å². The zero-order valence-corrected chi connectivity index (χ0v) is 14.0. The molecule has 0 aliphatic heterocycles. The second-order valence-electron chi connectivity index (χ2n) is 4.75. The molecule has 0 aliphatic rings. The highest BCUT2D eigenvalue weighted by atomic mass is 16.5. The molecule has 24 heavy (non-hydrogen) atoms. The third-order valence-electron chi connectivity index (χ3n) is 3.10. The van der Waals surface area contributed by atoms with Crippen LogP contribution in [-0.4, -0.2) is 37.4 Å². The highest BCUT2D eigenvalue weighted by Crippen LogP contribution is 2.38. The Morgan fingerprint density at radius 1 is 1.21 bits per heavy atom. The first-order valence-electron chi connectivity index (χ1n) is 7.12. The van der Waals surface area contributed by atoms with Gasteiger partial charge in [0, 0.05) is 6.08 Å². The molecule has 1 aromatic heterocycles. The van der Waals surface area contributed by atoms with Gasteiger partial charge in [-0.15, -0.1) is 0 Å². The first kappa shape index (κ1) is 17.3. The molecular formula is C16H19N3O5. The van der Waals surface area contributed by atoms with Crippen LogP contribution in [0.3, 0.4) is 0 Å². The van der Waals surface area contributed by atoms with Crippen molar-refractivity contribution in [3.8, 4) is 17.2 Å². The van der Waals surface area contributed by atoms with Crippen LogP contribution in [0.15, 0.2) is 22.7 Å². The number of hydrogen-bond acceptors (Lipinski definition) is 7. The highest BCUT2D eigenvalue weighted by molar-refractivity contribution is 5.91. The van der Waals surface area contributed by atoms with Crippen molar-refractivity contribution in [1.29, 1.82) is 0 Å². The van der Waals surface area contributed by atoms with Gasteiger partial charge < -0.3 is 24.1 Å². The molecule has 1 heterocycles. The van der Waals surface area contributed by atoms with Gasteiger partial charge in [0.1, 0.15) is 0 Å². The Morgan fingerprint density at radius 2 is 1.88 bits per heavy atom.